The summed E-state index contributed by atoms with van der Waals surface area (Å²) in [7, 11) is 0. The van der Waals surface area contributed by atoms with Crippen LogP contribution < -0.4 is 4.74 Å². The normalized spacial score (nSPS) is 10.3. The highest BCUT2D eigenvalue weighted by Gasteiger charge is 2.19. The molecule has 3 aromatic rings. The van der Waals surface area contributed by atoms with Crippen molar-refractivity contribution in [3.05, 3.63) is 87.6 Å². The molecule has 0 spiro atoms. The summed E-state index contributed by atoms with van der Waals surface area (Å²) in [6.07, 6.45) is 0. The van der Waals surface area contributed by atoms with Crippen molar-refractivity contribution >= 4 is 23.1 Å². The van der Waals surface area contributed by atoms with E-state index in [4.69, 9.17) is 9.47 Å². The van der Waals surface area contributed by atoms with Crippen molar-refractivity contribution < 1.29 is 19.1 Å². The van der Waals surface area contributed by atoms with E-state index in [9.17, 15) is 9.59 Å². The standard InChI is InChI=1S/C21H18O4S/c1-15-7-2-5-10-18(15)24-12-13-25-21(23)17-9-4-3-8-16(17)20(22)19-11-6-14-26-19/h2-11,14H,12-13H2,1H3. The van der Waals surface area contributed by atoms with E-state index >= 15 is 0 Å². The number of hydrogen-bond donors (Lipinski definition) is 0. The number of carbonyl (C=O) groups excluding carboxylic acids is 2. The zero-order valence-electron chi connectivity index (χ0n) is 14.3. The minimum atomic E-state index is -0.529. The summed E-state index contributed by atoms with van der Waals surface area (Å²) in [5, 5.41) is 1.83. The first-order chi connectivity index (χ1) is 12.7. The zero-order chi connectivity index (χ0) is 18.4. The average Bonchev–Trinajstić information content (AvgIpc) is 3.20. The van der Waals surface area contributed by atoms with E-state index in [0.717, 1.165) is 11.3 Å². The van der Waals surface area contributed by atoms with Gasteiger partial charge in [0, 0.05) is 5.56 Å². The third-order valence-electron chi connectivity index (χ3n) is 3.80. The Morgan fingerprint density at radius 3 is 2.35 bits per heavy atom. The molecule has 26 heavy (non-hydrogen) atoms. The molecule has 0 fully saturated rings. The summed E-state index contributed by atoms with van der Waals surface area (Å²) in [6, 6.07) is 17.9. The first-order valence-electron chi connectivity index (χ1n) is 8.19. The van der Waals surface area contributed by atoms with Gasteiger partial charge < -0.3 is 9.47 Å². The van der Waals surface area contributed by atoms with Crippen LogP contribution in [-0.2, 0) is 4.74 Å². The predicted molar refractivity (Wildman–Crippen MR) is 101 cm³/mol. The minimum Gasteiger partial charge on any atom is -0.490 e. The summed E-state index contributed by atoms with van der Waals surface area (Å²) in [5.74, 6) is 0.0550. The number of ether oxygens (including phenoxy) is 2. The fraction of sp³-hybridized carbons (Fsp3) is 0.143. The van der Waals surface area contributed by atoms with Gasteiger partial charge in [0.2, 0.25) is 5.78 Å². The van der Waals surface area contributed by atoms with E-state index in [2.05, 4.69) is 0 Å². The van der Waals surface area contributed by atoms with Crippen LogP contribution >= 0.6 is 11.3 Å². The monoisotopic (exact) mass is 366 g/mol. The Labute approximate surface area is 156 Å². The Bertz CT molecular complexity index is 900. The van der Waals surface area contributed by atoms with Gasteiger partial charge in [0.25, 0.3) is 0 Å². The molecule has 1 aromatic heterocycles. The summed E-state index contributed by atoms with van der Waals surface area (Å²) in [6.45, 7) is 2.31. The molecule has 0 aliphatic rings. The summed E-state index contributed by atoms with van der Waals surface area (Å²) in [4.78, 5) is 25.5. The van der Waals surface area contributed by atoms with Crippen LogP contribution in [0.2, 0.25) is 0 Å². The number of hydrogen-bond acceptors (Lipinski definition) is 5. The molecular formula is C21H18O4S. The van der Waals surface area contributed by atoms with Gasteiger partial charge in [0.1, 0.15) is 19.0 Å². The minimum absolute atomic E-state index is 0.106. The van der Waals surface area contributed by atoms with Crippen LogP contribution in [0.1, 0.15) is 31.2 Å². The zero-order valence-corrected chi connectivity index (χ0v) is 15.1. The lowest BCUT2D eigenvalue weighted by molar-refractivity contribution is 0.0448. The van der Waals surface area contributed by atoms with Crippen LogP contribution in [0.5, 0.6) is 5.75 Å². The van der Waals surface area contributed by atoms with Crippen LogP contribution in [0.25, 0.3) is 0 Å². The van der Waals surface area contributed by atoms with Gasteiger partial charge in [-0.2, -0.15) is 0 Å². The highest BCUT2D eigenvalue weighted by molar-refractivity contribution is 7.12. The third-order valence-corrected chi connectivity index (χ3v) is 4.67. The van der Waals surface area contributed by atoms with Crippen molar-refractivity contribution in [3.63, 3.8) is 0 Å². The van der Waals surface area contributed by atoms with Crippen molar-refractivity contribution in [1.82, 2.24) is 0 Å². The molecular weight excluding hydrogens is 348 g/mol. The Morgan fingerprint density at radius 2 is 1.62 bits per heavy atom. The number of esters is 1. The van der Waals surface area contributed by atoms with E-state index in [0.29, 0.717) is 10.4 Å². The van der Waals surface area contributed by atoms with Crippen molar-refractivity contribution in [2.45, 2.75) is 6.92 Å². The predicted octanol–water partition coefficient (Wildman–Crippen LogP) is 4.52. The molecule has 2 aromatic carbocycles. The molecule has 5 heteroatoms. The van der Waals surface area contributed by atoms with E-state index in [1.165, 1.54) is 11.3 Å². The van der Waals surface area contributed by atoms with E-state index in [1.807, 2.05) is 42.6 Å². The molecule has 0 bridgehead atoms. The Morgan fingerprint density at radius 1 is 0.885 bits per heavy atom. The van der Waals surface area contributed by atoms with Gasteiger partial charge in [-0.05, 0) is 36.1 Å². The quantitative estimate of drug-likeness (QED) is 0.350. The molecule has 0 amide bonds. The maximum Gasteiger partial charge on any atom is 0.339 e. The second kappa shape index (κ2) is 8.45. The molecule has 0 atom stereocenters. The number of para-hydroxylation sites is 1. The maximum absolute atomic E-state index is 12.6. The number of rotatable bonds is 7. The first kappa shape index (κ1) is 17.9. The fourth-order valence-corrected chi connectivity index (χ4v) is 3.16. The molecule has 0 aliphatic carbocycles. The van der Waals surface area contributed by atoms with Crippen LogP contribution in [0.4, 0.5) is 0 Å². The van der Waals surface area contributed by atoms with Crippen LogP contribution in [-0.4, -0.2) is 25.0 Å². The number of aryl methyl sites for hydroxylation is 1. The number of benzene rings is 2. The van der Waals surface area contributed by atoms with Gasteiger partial charge in [0.05, 0.1) is 10.4 Å². The summed E-state index contributed by atoms with van der Waals surface area (Å²) >= 11 is 1.35. The lowest BCUT2D eigenvalue weighted by atomic mass is 10.0. The van der Waals surface area contributed by atoms with Crippen molar-refractivity contribution in [1.29, 1.82) is 0 Å². The summed E-state index contributed by atoms with van der Waals surface area (Å²) in [5.41, 5.74) is 1.63. The lowest BCUT2D eigenvalue weighted by Gasteiger charge is -2.10. The van der Waals surface area contributed by atoms with Crippen LogP contribution in [0, 0.1) is 6.92 Å². The molecule has 4 nitrogen and oxygen atoms in total. The lowest BCUT2D eigenvalue weighted by Crippen LogP contribution is -2.15. The summed E-state index contributed by atoms with van der Waals surface area (Å²) < 4.78 is 10.9. The average molecular weight is 366 g/mol. The van der Waals surface area contributed by atoms with Gasteiger partial charge in [-0.3, -0.25) is 4.79 Å². The van der Waals surface area contributed by atoms with Gasteiger partial charge in [-0.25, -0.2) is 4.79 Å². The molecule has 0 radical (unpaired) electrons. The second-order valence-electron chi connectivity index (χ2n) is 5.60. The van der Waals surface area contributed by atoms with E-state index in [1.54, 1.807) is 30.3 Å². The fourth-order valence-electron chi connectivity index (χ4n) is 2.48. The van der Waals surface area contributed by atoms with Crippen LogP contribution in [0.3, 0.4) is 0 Å². The number of ketones is 1. The topological polar surface area (TPSA) is 52.6 Å². The van der Waals surface area contributed by atoms with Crippen molar-refractivity contribution in [2.75, 3.05) is 13.2 Å². The van der Waals surface area contributed by atoms with Gasteiger partial charge in [-0.1, -0.05) is 42.5 Å². The van der Waals surface area contributed by atoms with Crippen molar-refractivity contribution in [2.24, 2.45) is 0 Å². The van der Waals surface area contributed by atoms with Gasteiger partial charge in [0.15, 0.2) is 0 Å². The molecule has 0 saturated carbocycles. The first-order valence-corrected chi connectivity index (χ1v) is 9.07. The molecule has 0 N–H and O–H groups in total. The molecule has 0 saturated heterocycles. The highest BCUT2D eigenvalue weighted by atomic mass is 32.1. The largest absolute Gasteiger partial charge is 0.490 e. The molecule has 0 unspecified atom stereocenters. The van der Waals surface area contributed by atoms with Crippen molar-refractivity contribution in [3.8, 4) is 5.75 Å². The van der Waals surface area contributed by atoms with Gasteiger partial charge >= 0.3 is 5.97 Å². The van der Waals surface area contributed by atoms with Crippen LogP contribution in [0.15, 0.2) is 66.0 Å². The smallest absolute Gasteiger partial charge is 0.339 e. The molecule has 3 rings (SSSR count). The SMILES string of the molecule is Cc1ccccc1OCCOC(=O)c1ccccc1C(=O)c1cccs1. The number of carbonyl (C=O) groups is 2. The maximum atomic E-state index is 12.6. The molecule has 132 valence electrons. The molecule has 0 aliphatic heterocycles. The third kappa shape index (κ3) is 4.18. The van der Waals surface area contributed by atoms with Gasteiger partial charge in [-0.15, -0.1) is 11.3 Å². The second-order valence-corrected chi connectivity index (χ2v) is 6.55. The highest BCUT2D eigenvalue weighted by Crippen LogP contribution is 2.19. The van der Waals surface area contributed by atoms with E-state index in [-0.39, 0.29) is 24.6 Å². The Balaban J connectivity index is 1.62. The Hall–Kier alpha value is -2.92. The van der Waals surface area contributed by atoms with E-state index < -0.39 is 5.97 Å². The number of thiophene rings is 1. The molecule has 1 heterocycles. The Kier molecular flexibility index (Phi) is 5.81.